The van der Waals surface area contributed by atoms with Crippen molar-refractivity contribution in [2.24, 2.45) is 0 Å². The molecule has 6 rings (SSSR count). The molecule has 0 bridgehead atoms. The number of amides is 1. The summed E-state index contributed by atoms with van der Waals surface area (Å²) in [6, 6.07) is 18.5. The molecule has 15 heteroatoms. The number of aryl methyl sites for hydroxylation is 1. The largest absolute Gasteiger partial charge is 0.478 e. The molecule has 11 nitrogen and oxygen atoms in total. The summed E-state index contributed by atoms with van der Waals surface area (Å²) in [7, 11) is 0. The molecule has 1 amide bonds. The van der Waals surface area contributed by atoms with Gasteiger partial charge in [-0.15, -0.1) is 0 Å². The summed E-state index contributed by atoms with van der Waals surface area (Å²) in [5.74, 6) is -2.78. The number of anilines is 1. The number of piperazine rings is 1. The van der Waals surface area contributed by atoms with E-state index in [-0.39, 0.29) is 23.5 Å². The third-order valence-electron chi connectivity index (χ3n) is 9.12. The number of hydrogen-bond acceptors (Lipinski definition) is 7. The molecule has 1 aliphatic rings. The Labute approximate surface area is 290 Å². The van der Waals surface area contributed by atoms with Crippen molar-refractivity contribution in [3.8, 4) is 16.8 Å². The first-order chi connectivity index (χ1) is 24.2. The van der Waals surface area contributed by atoms with Gasteiger partial charge in [0.2, 0.25) is 0 Å². The molecule has 0 unspecified atom stereocenters. The van der Waals surface area contributed by atoms with Crippen LogP contribution in [0, 0.1) is 12.7 Å². The molecule has 3 heterocycles. The number of nitrogens with one attached hydrogen (secondary N) is 2. The van der Waals surface area contributed by atoms with E-state index < -0.39 is 35.1 Å². The zero-order valence-electron chi connectivity index (χ0n) is 28.1. The number of hydrogen-bond donors (Lipinski definition) is 3. The van der Waals surface area contributed by atoms with E-state index in [0.29, 0.717) is 18.8 Å². The summed E-state index contributed by atoms with van der Waals surface area (Å²) >= 11 is 0. The fraction of sp³-hybridized carbons (Fsp3) is 0.306. The van der Waals surface area contributed by atoms with Crippen molar-refractivity contribution in [3.05, 3.63) is 113 Å². The molecule has 0 atom stereocenters. The van der Waals surface area contributed by atoms with Gasteiger partial charge < -0.3 is 15.3 Å². The van der Waals surface area contributed by atoms with E-state index in [0.717, 1.165) is 61.4 Å². The highest BCUT2D eigenvalue weighted by Crippen LogP contribution is 2.38. The second-order valence-electron chi connectivity index (χ2n) is 13.0. The predicted octanol–water partition coefficient (Wildman–Crippen LogP) is 5.90. The Hall–Kier alpha value is -5.57. The quantitative estimate of drug-likeness (QED) is 0.153. The highest BCUT2D eigenvalue weighted by atomic mass is 19.4. The van der Waals surface area contributed by atoms with Gasteiger partial charge in [-0.2, -0.15) is 23.4 Å². The van der Waals surface area contributed by atoms with Gasteiger partial charge in [0.05, 0.1) is 29.6 Å². The zero-order valence-corrected chi connectivity index (χ0v) is 28.1. The Balaban J connectivity index is 1.02. The van der Waals surface area contributed by atoms with Crippen molar-refractivity contribution in [2.75, 3.05) is 31.1 Å². The van der Waals surface area contributed by atoms with Crippen LogP contribution >= 0.6 is 0 Å². The zero-order chi connectivity index (χ0) is 36.5. The van der Waals surface area contributed by atoms with Crippen LogP contribution in [0.15, 0.2) is 73.1 Å². The third-order valence-corrected chi connectivity index (χ3v) is 9.12. The van der Waals surface area contributed by atoms with E-state index in [1.165, 1.54) is 18.3 Å². The summed E-state index contributed by atoms with van der Waals surface area (Å²) in [6.45, 7) is 7.54. The fourth-order valence-corrected chi connectivity index (χ4v) is 5.81. The number of H-pyrrole nitrogens is 1. The summed E-state index contributed by atoms with van der Waals surface area (Å²) in [6.07, 6.45) is -1.53. The van der Waals surface area contributed by atoms with Crippen molar-refractivity contribution in [1.29, 1.82) is 0 Å². The maximum atomic E-state index is 14.2. The minimum atomic E-state index is -4.53. The van der Waals surface area contributed by atoms with E-state index in [9.17, 15) is 27.2 Å². The number of aromatic amines is 1. The number of halogens is 4. The lowest BCUT2D eigenvalue weighted by molar-refractivity contribution is -0.182. The molecule has 0 spiro atoms. The Morgan fingerprint density at radius 2 is 1.67 bits per heavy atom. The molecule has 1 aliphatic heterocycles. The highest BCUT2D eigenvalue weighted by molar-refractivity contribution is 5.93. The van der Waals surface area contributed by atoms with Gasteiger partial charge in [-0.3, -0.25) is 14.8 Å². The number of carbonyl (C=O) groups is 2. The van der Waals surface area contributed by atoms with E-state index >= 15 is 0 Å². The maximum absolute atomic E-state index is 14.2. The van der Waals surface area contributed by atoms with Gasteiger partial charge in [0, 0.05) is 44.6 Å². The molecule has 3 N–H and O–H groups in total. The average Bonchev–Trinajstić information content (AvgIpc) is 3.78. The lowest BCUT2D eigenvalue weighted by atomic mass is 9.92. The van der Waals surface area contributed by atoms with Crippen molar-refractivity contribution < 1.29 is 32.3 Å². The van der Waals surface area contributed by atoms with Crippen molar-refractivity contribution in [2.45, 2.75) is 45.5 Å². The molecule has 51 heavy (non-hydrogen) atoms. The number of rotatable bonds is 10. The third kappa shape index (κ3) is 7.62. The number of carboxylic acid groups (broad SMARTS) is 1. The Kier molecular flexibility index (Phi) is 9.66. The molecule has 1 fully saturated rings. The van der Waals surface area contributed by atoms with Crippen LogP contribution in [-0.2, 0) is 18.5 Å². The molecule has 2 aromatic heterocycles. The number of alkyl halides is 3. The number of nitrogens with zero attached hydrogens (tertiary/aromatic N) is 6. The first-order valence-corrected chi connectivity index (χ1v) is 16.2. The molecule has 3 aromatic carbocycles. The molecular formula is C36H36F4N8O3. The molecule has 0 radical (unpaired) electrons. The van der Waals surface area contributed by atoms with Crippen molar-refractivity contribution in [3.63, 3.8) is 0 Å². The molecule has 1 saturated heterocycles. The van der Waals surface area contributed by atoms with E-state index in [1.807, 2.05) is 25.1 Å². The van der Waals surface area contributed by atoms with E-state index in [2.05, 4.69) is 59.7 Å². The standard InChI is InChI=1S/C36H36F4N8O3/c1-22-16-25(24-6-4-23(5-7-24)20-46-12-14-47(15-13-46)27-9-10-28(33(50)51)29(37)17-27)8-11-30(22)48-21-26(18-42-48)32(49)41-19-31-43-34(45-44-31)35(2,3)36(38,39)40/h4-11,16-18,21H,12-15,19-20H2,1-3H3,(H,41,49)(H,50,51)(H,43,44,45). The number of aromatic carboxylic acids is 1. The van der Waals surface area contributed by atoms with Gasteiger partial charge in [-0.1, -0.05) is 30.3 Å². The molecule has 266 valence electrons. The second-order valence-corrected chi connectivity index (χ2v) is 13.0. The lowest BCUT2D eigenvalue weighted by Crippen LogP contribution is -2.46. The Bertz CT molecular complexity index is 2050. The van der Waals surface area contributed by atoms with Gasteiger partial charge in [0.25, 0.3) is 5.91 Å². The van der Waals surface area contributed by atoms with Crippen LogP contribution in [0.25, 0.3) is 16.8 Å². The Morgan fingerprint density at radius 3 is 2.31 bits per heavy atom. The predicted molar refractivity (Wildman–Crippen MR) is 181 cm³/mol. The minimum Gasteiger partial charge on any atom is -0.478 e. The smallest absolute Gasteiger partial charge is 0.401 e. The minimum absolute atomic E-state index is 0.100. The van der Waals surface area contributed by atoms with Gasteiger partial charge in [-0.25, -0.2) is 18.9 Å². The van der Waals surface area contributed by atoms with Gasteiger partial charge in [-0.05, 0) is 73.4 Å². The highest BCUT2D eigenvalue weighted by Gasteiger charge is 2.51. The molecular weight excluding hydrogens is 668 g/mol. The van der Waals surface area contributed by atoms with E-state index in [4.69, 9.17) is 5.11 Å². The SMILES string of the molecule is Cc1cc(-c2ccc(CN3CCN(c4ccc(C(=O)O)c(F)c4)CC3)cc2)ccc1-n1cc(C(=O)NCc2nc(C(C)(C)C(F)(F)F)n[nH]2)cn1. The van der Waals surface area contributed by atoms with Crippen LogP contribution in [0.3, 0.4) is 0 Å². The van der Waals surface area contributed by atoms with Crippen molar-refractivity contribution in [1.82, 2.24) is 35.2 Å². The average molecular weight is 705 g/mol. The normalized spacial score (nSPS) is 14.1. The Morgan fingerprint density at radius 1 is 0.961 bits per heavy atom. The fourth-order valence-electron chi connectivity index (χ4n) is 5.81. The summed E-state index contributed by atoms with van der Waals surface area (Å²) in [4.78, 5) is 32.2. The van der Waals surface area contributed by atoms with Crippen LogP contribution in [0.5, 0.6) is 0 Å². The van der Waals surface area contributed by atoms with Gasteiger partial charge in [0.1, 0.15) is 17.1 Å². The summed E-state index contributed by atoms with van der Waals surface area (Å²) < 4.78 is 55.7. The van der Waals surface area contributed by atoms with Crippen LogP contribution in [0.1, 0.15) is 57.3 Å². The number of aromatic nitrogens is 5. The summed E-state index contributed by atoms with van der Waals surface area (Å²) in [5.41, 5.74) is 3.31. The first-order valence-electron chi connectivity index (χ1n) is 16.2. The van der Waals surface area contributed by atoms with Crippen LogP contribution in [0.2, 0.25) is 0 Å². The lowest BCUT2D eigenvalue weighted by Gasteiger charge is -2.36. The number of benzene rings is 3. The van der Waals surface area contributed by atoms with Crippen molar-refractivity contribution >= 4 is 17.6 Å². The number of carbonyl (C=O) groups excluding carboxylic acids is 1. The second kappa shape index (κ2) is 14.0. The molecule has 0 saturated carbocycles. The van der Waals surface area contributed by atoms with Gasteiger partial charge in [0.15, 0.2) is 5.82 Å². The number of carboxylic acids is 1. The molecule has 5 aromatic rings. The topological polar surface area (TPSA) is 132 Å². The summed E-state index contributed by atoms with van der Waals surface area (Å²) in [5, 5.41) is 22.2. The monoisotopic (exact) mass is 704 g/mol. The van der Waals surface area contributed by atoms with Crippen LogP contribution < -0.4 is 10.2 Å². The van der Waals surface area contributed by atoms with Gasteiger partial charge >= 0.3 is 12.1 Å². The van der Waals surface area contributed by atoms with Crippen LogP contribution in [0.4, 0.5) is 23.2 Å². The molecule has 0 aliphatic carbocycles. The first kappa shape index (κ1) is 35.3. The maximum Gasteiger partial charge on any atom is 0.401 e. The van der Waals surface area contributed by atoms with Crippen LogP contribution in [-0.4, -0.2) is 79.2 Å². The van der Waals surface area contributed by atoms with E-state index in [1.54, 1.807) is 16.9 Å².